The van der Waals surface area contributed by atoms with Crippen molar-refractivity contribution < 1.29 is 33.1 Å². The van der Waals surface area contributed by atoms with E-state index in [1.807, 2.05) is 27.7 Å². The Morgan fingerprint density at radius 1 is 0.921 bits per heavy atom. The fourth-order valence-electron chi connectivity index (χ4n) is 3.77. The lowest BCUT2D eigenvalue weighted by Crippen LogP contribution is -2.41. The number of carbonyl (C=O) groups excluding carboxylic acids is 2. The summed E-state index contributed by atoms with van der Waals surface area (Å²) in [6.45, 7) is 9.08. The van der Waals surface area contributed by atoms with Gasteiger partial charge in [0.25, 0.3) is 0 Å². The molecule has 0 spiro atoms. The van der Waals surface area contributed by atoms with Crippen LogP contribution < -0.4 is 14.9 Å². The number of esters is 1. The summed E-state index contributed by atoms with van der Waals surface area (Å²) >= 11 is 0. The van der Waals surface area contributed by atoms with Gasteiger partial charge in [0.15, 0.2) is 0 Å². The number of ether oxygens (including phenoxy) is 3. The molecule has 0 bridgehead atoms. The molecule has 9 heteroatoms. The molecule has 3 aromatic carbocycles. The minimum atomic E-state index is -0.688. The van der Waals surface area contributed by atoms with Gasteiger partial charge in [0.05, 0.1) is 22.8 Å². The van der Waals surface area contributed by atoms with Crippen molar-refractivity contribution in [2.45, 2.75) is 52.4 Å². The van der Waals surface area contributed by atoms with Crippen molar-refractivity contribution >= 4 is 24.8 Å². The minimum absolute atomic E-state index is 0.0399. The molecule has 194 valence electrons. The van der Waals surface area contributed by atoms with Gasteiger partial charge in [-0.2, -0.15) is 5.26 Å². The molecule has 1 aliphatic rings. The predicted octanol–water partition coefficient (Wildman–Crippen LogP) is 5.32. The molecule has 0 aromatic heterocycles. The lowest BCUT2D eigenvalue weighted by Gasteiger charge is -2.32. The Hall–Kier alpha value is -4.13. The van der Waals surface area contributed by atoms with Gasteiger partial charge in [-0.3, -0.25) is 9.59 Å². The second-order valence-corrected chi connectivity index (χ2v) is 9.89. The maximum atomic E-state index is 12.0. The van der Waals surface area contributed by atoms with Gasteiger partial charge in [-0.25, -0.2) is 0 Å². The summed E-state index contributed by atoms with van der Waals surface area (Å²) in [5, 5.41) is 8.98. The summed E-state index contributed by atoms with van der Waals surface area (Å²) in [6, 6.07) is 19.0. The van der Waals surface area contributed by atoms with Crippen LogP contribution in [0.3, 0.4) is 0 Å². The van der Waals surface area contributed by atoms with Crippen LogP contribution in [-0.4, -0.2) is 30.6 Å². The highest BCUT2D eigenvalue weighted by atomic mass is 16.7. The van der Waals surface area contributed by atoms with Crippen LogP contribution in [-0.2, 0) is 25.4 Å². The zero-order valence-corrected chi connectivity index (χ0v) is 21.9. The van der Waals surface area contributed by atoms with E-state index in [4.69, 9.17) is 28.8 Å². The van der Waals surface area contributed by atoms with E-state index in [1.165, 1.54) is 6.92 Å². The highest BCUT2D eigenvalue weighted by molar-refractivity contribution is 6.63. The summed E-state index contributed by atoms with van der Waals surface area (Å²) in [7, 11) is -0.688. The topological polar surface area (TPSA) is 104 Å². The van der Waals surface area contributed by atoms with E-state index in [-0.39, 0.29) is 6.61 Å². The Balaban J connectivity index is 1.58. The molecule has 0 amide bonds. The number of hydrogen-bond donors (Lipinski definition) is 0. The van der Waals surface area contributed by atoms with Crippen molar-refractivity contribution in [1.82, 2.24) is 0 Å². The van der Waals surface area contributed by atoms with Crippen LogP contribution in [0.5, 0.6) is 23.0 Å². The smallest absolute Gasteiger partial charge is 0.461 e. The third-order valence-corrected chi connectivity index (χ3v) is 6.60. The van der Waals surface area contributed by atoms with E-state index >= 15 is 0 Å². The first-order chi connectivity index (χ1) is 18.0. The van der Waals surface area contributed by atoms with Crippen LogP contribution in [0, 0.1) is 11.3 Å². The molecule has 8 nitrogen and oxygen atoms in total. The van der Waals surface area contributed by atoms with Gasteiger partial charge in [0.2, 0.25) is 0 Å². The van der Waals surface area contributed by atoms with Crippen LogP contribution in [0.4, 0.5) is 0 Å². The van der Waals surface area contributed by atoms with Crippen LogP contribution >= 0.6 is 0 Å². The molecule has 1 heterocycles. The number of rotatable bonds is 8. The second-order valence-electron chi connectivity index (χ2n) is 9.89. The van der Waals surface area contributed by atoms with Crippen LogP contribution in [0.15, 0.2) is 60.7 Å². The molecule has 4 rings (SSSR count). The van der Waals surface area contributed by atoms with Gasteiger partial charge in [-0.05, 0) is 87.8 Å². The van der Waals surface area contributed by atoms with Crippen LogP contribution in [0.2, 0.25) is 0 Å². The molecule has 1 fully saturated rings. The normalized spacial score (nSPS) is 15.4. The lowest BCUT2D eigenvalue weighted by molar-refractivity contribution is -0.142. The van der Waals surface area contributed by atoms with Gasteiger partial charge >= 0.3 is 13.1 Å². The molecule has 0 N–H and O–H groups in total. The molecular weight excluding hydrogens is 485 g/mol. The molecular formula is C29H28BNO7. The zero-order valence-electron chi connectivity index (χ0n) is 21.9. The summed E-state index contributed by atoms with van der Waals surface area (Å²) in [4.78, 5) is 23.4. The fraction of sp³-hybridized carbons (Fsp3) is 0.276. The average Bonchev–Trinajstić information content (AvgIpc) is 3.10. The summed E-state index contributed by atoms with van der Waals surface area (Å²) in [6.07, 6.45) is 0.738. The largest absolute Gasteiger partial charge is 0.495 e. The Morgan fingerprint density at radius 3 is 2.13 bits per heavy atom. The quantitative estimate of drug-likeness (QED) is 0.227. The monoisotopic (exact) mass is 513 g/mol. The molecule has 38 heavy (non-hydrogen) atoms. The maximum Gasteiger partial charge on any atom is 0.495 e. The van der Waals surface area contributed by atoms with E-state index in [0.29, 0.717) is 45.2 Å². The molecule has 0 radical (unpaired) electrons. The molecule has 0 atom stereocenters. The van der Waals surface area contributed by atoms with E-state index in [0.717, 1.165) is 6.29 Å². The van der Waals surface area contributed by atoms with Crippen molar-refractivity contribution in [3.8, 4) is 29.1 Å². The molecule has 1 aliphatic heterocycles. The molecule has 3 aromatic rings. The SMILES string of the molecule is CC(=O)OCc1cc(Oc2ccc(C#N)cc2)ccc1Oc1ccc(B2OC(C)(C)C(C)(C)O2)c(C=O)c1. The van der Waals surface area contributed by atoms with E-state index in [9.17, 15) is 9.59 Å². The highest BCUT2D eigenvalue weighted by Gasteiger charge is 2.52. The van der Waals surface area contributed by atoms with E-state index in [1.54, 1.807) is 60.7 Å². The highest BCUT2D eigenvalue weighted by Crippen LogP contribution is 2.37. The van der Waals surface area contributed by atoms with Gasteiger partial charge in [-0.15, -0.1) is 0 Å². The molecule has 0 saturated carbocycles. The second kappa shape index (κ2) is 10.7. The standard InChI is InChI=1S/C29H28BNO7/c1-19(33)34-18-22-15-24(35-23-8-6-20(16-31)7-9-23)11-13-27(22)36-25-10-12-26(21(14-25)17-32)30-37-28(2,3)29(4,5)38-30/h6-15,17H,18H2,1-5H3. The third-order valence-electron chi connectivity index (χ3n) is 6.60. The third kappa shape index (κ3) is 5.88. The first-order valence-electron chi connectivity index (χ1n) is 12.1. The van der Waals surface area contributed by atoms with E-state index in [2.05, 4.69) is 6.07 Å². The zero-order chi connectivity index (χ0) is 27.5. The maximum absolute atomic E-state index is 12.0. The lowest BCUT2D eigenvalue weighted by atomic mass is 9.76. The van der Waals surface area contributed by atoms with Gasteiger partial charge in [0, 0.05) is 18.1 Å². The average molecular weight is 513 g/mol. The number of benzene rings is 3. The van der Waals surface area contributed by atoms with Gasteiger partial charge < -0.3 is 23.5 Å². The number of nitriles is 1. The number of nitrogens with zero attached hydrogens (tertiary/aromatic N) is 1. The Bertz CT molecular complexity index is 1380. The summed E-state index contributed by atoms with van der Waals surface area (Å²) in [5.74, 6) is 1.44. The Morgan fingerprint density at radius 2 is 1.53 bits per heavy atom. The predicted molar refractivity (Wildman–Crippen MR) is 141 cm³/mol. The van der Waals surface area contributed by atoms with Crippen molar-refractivity contribution in [1.29, 1.82) is 5.26 Å². The number of carbonyl (C=O) groups is 2. The molecule has 1 saturated heterocycles. The van der Waals surface area contributed by atoms with Gasteiger partial charge in [0.1, 0.15) is 35.9 Å². The fourth-order valence-corrected chi connectivity index (χ4v) is 3.77. The molecule has 0 unspecified atom stereocenters. The van der Waals surface area contributed by atoms with Crippen molar-refractivity contribution in [3.05, 3.63) is 77.4 Å². The summed E-state index contributed by atoms with van der Waals surface area (Å²) in [5.41, 5.74) is 0.992. The number of aldehydes is 1. The van der Waals surface area contributed by atoms with Gasteiger partial charge in [-0.1, -0.05) is 6.07 Å². The Labute approximate surface area is 222 Å². The summed E-state index contributed by atoms with van der Waals surface area (Å²) < 4.78 is 29.4. The van der Waals surface area contributed by atoms with Crippen molar-refractivity contribution in [3.63, 3.8) is 0 Å². The number of hydrogen-bond acceptors (Lipinski definition) is 8. The van der Waals surface area contributed by atoms with Crippen molar-refractivity contribution in [2.75, 3.05) is 0 Å². The Kier molecular flexibility index (Phi) is 7.58. The van der Waals surface area contributed by atoms with E-state index < -0.39 is 24.3 Å². The first-order valence-corrected chi connectivity index (χ1v) is 12.1. The van der Waals surface area contributed by atoms with Crippen molar-refractivity contribution in [2.24, 2.45) is 0 Å². The minimum Gasteiger partial charge on any atom is -0.461 e. The van der Waals surface area contributed by atoms with Crippen LogP contribution in [0.1, 0.15) is 56.1 Å². The molecule has 0 aliphatic carbocycles. The van der Waals surface area contributed by atoms with Crippen LogP contribution in [0.25, 0.3) is 0 Å². The first kappa shape index (κ1) is 26.9.